The van der Waals surface area contributed by atoms with Crippen LogP contribution in [0.5, 0.6) is 0 Å². The molecular formula is C16H17N. The summed E-state index contributed by atoms with van der Waals surface area (Å²) in [6, 6.07) is 15.6. The molecule has 2 aromatic carbocycles. The van der Waals surface area contributed by atoms with E-state index in [0.29, 0.717) is 0 Å². The van der Waals surface area contributed by atoms with Gasteiger partial charge in [0.1, 0.15) is 0 Å². The molecule has 86 valence electrons. The summed E-state index contributed by atoms with van der Waals surface area (Å²) in [5.74, 6) is 0. The predicted octanol–water partition coefficient (Wildman–Crippen LogP) is 3.31. The molecule has 0 fully saturated rings. The summed E-state index contributed by atoms with van der Waals surface area (Å²) in [5.41, 5.74) is 6.92. The van der Waals surface area contributed by atoms with Crippen LogP contribution in [0.2, 0.25) is 0 Å². The fourth-order valence-electron chi connectivity index (χ4n) is 2.40. The summed E-state index contributed by atoms with van der Waals surface area (Å²) >= 11 is 0. The van der Waals surface area contributed by atoms with E-state index in [4.69, 9.17) is 0 Å². The lowest BCUT2D eigenvalue weighted by Gasteiger charge is -2.18. The summed E-state index contributed by atoms with van der Waals surface area (Å²) in [5, 5.41) is 3.41. The highest BCUT2D eigenvalue weighted by molar-refractivity contribution is 5.65. The smallest absolute Gasteiger partial charge is 0.0208 e. The zero-order valence-corrected chi connectivity index (χ0v) is 10.2. The van der Waals surface area contributed by atoms with Gasteiger partial charge in [0, 0.05) is 6.54 Å². The molecule has 17 heavy (non-hydrogen) atoms. The number of hydrogen-bond acceptors (Lipinski definition) is 1. The number of fused-ring (bicyclic) bond motifs is 1. The van der Waals surface area contributed by atoms with Crippen molar-refractivity contribution in [2.45, 2.75) is 19.9 Å². The van der Waals surface area contributed by atoms with Gasteiger partial charge in [0.15, 0.2) is 0 Å². The first-order chi connectivity index (χ1) is 8.33. The van der Waals surface area contributed by atoms with Gasteiger partial charge in [-0.2, -0.15) is 0 Å². The molecule has 0 radical (unpaired) electrons. The molecule has 0 bridgehead atoms. The summed E-state index contributed by atoms with van der Waals surface area (Å²) in [6.07, 6.45) is 1.15. The Balaban J connectivity index is 2.01. The van der Waals surface area contributed by atoms with E-state index in [1.807, 2.05) is 0 Å². The van der Waals surface area contributed by atoms with Gasteiger partial charge in [-0.05, 0) is 42.1 Å². The van der Waals surface area contributed by atoms with Crippen molar-refractivity contribution in [2.24, 2.45) is 0 Å². The topological polar surface area (TPSA) is 12.0 Å². The van der Waals surface area contributed by atoms with Crippen LogP contribution in [0, 0.1) is 6.92 Å². The molecule has 1 nitrogen and oxygen atoms in total. The molecule has 0 saturated carbocycles. The van der Waals surface area contributed by atoms with E-state index in [0.717, 1.165) is 19.5 Å². The molecule has 1 aliphatic rings. The molecule has 0 aromatic heterocycles. The molecule has 0 atom stereocenters. The Kier molecular flexibility index (Phi) is 2.69. The quantitative estimate of drug-likeness (QED) is 0.782. The number of rotatable bonds is 1. The average molecular weight is 223 g/mol. The Morgan fingerprint density at radius 3 is 2.47 bits per heavy atom. The van der Waals surface area contributed by atoms with Gasteiger partial charge in [-0.15, -0.1) is 0 Å². The second kappa shape index (κ2) is 4.34. The molecule has 1 N–H and O–H groups in total. The Morgan fingerprint density at radius 1 is 0.882 bits per heavy atom. The highest BCUT2D eigenvalue weighted by atomic mass is 14.9. The van der Waals surface area contributed by atoms with Crippen molar-refractivity contribution in [1.82, 2.24) is 5.32 Å². The monoisotopic (exact) mass is 223 g/mol. The van der Waals surface area contributed by atoms with E-state index in [1.54, 1.807) is 0 Å². The van der Waals surface area contributed by atoms with Crippen LogP contribution < -0.4 is 5.32 Å². The van der Waals surface area contributed by atoms with Crippen molar-refractivity contribution < 1.29 is 0 Å². The predicted molar refractivity (Wildman–Crippen MR) is 72.0 cm³/mol. The molecule has 0 unspecified atom stereocenters. The number of benzene rings is 2. The molecule has 0 saturated heterocycles. The molecule has 1 aliphatic heterocycles. The first-order valence-corrected chi connectivity index (χ1v) is 6.22. The third-order valence-electron chi connectivity index (χ3n) is 3.48. The van der Waals surface area contributed by atoms with E-state index >= 15 is 0 Å². The second-order valence-electron chi connectivity index (χ2n) is 4.78. The average Bonchev–Trinajstić information content (AvgIpc) is 2.39. The summed E-state index contributed by atoms with van der Waals surface area (Å²) < 4.78 is 0. The molecule has 0 amide bonds. The van der Waals surface area contributed by atoms with Gasteiger partial charge in [0.25, 0.3) is 0 Å². The fraction of sp³-hybridized carbons (Fsp3) is 0.250. The lowest BCUT2D eigenvalue weighted by atomic mass is 9.95. The van der Waals surface area contributed by atoms with Crippen molar-refractivity contribution in [2.75, 3.05) is 6.54 Å². The number of nitrogens with one attached hydrogen (secondary N) is 1. The minimum Gasteiger partial charge on any atom is -0.312 e. The minimum absolute atomic E-state index is 1.02. The van der Waals surface area contributed by atoms with E-state index in [1.165, 1.54) is 27.8 Å². The fourth-order valence-corrected chi connectivity index (χ4v) is 2.40. The molecular weight excluding hydrogens is 206 g/mol. The maximum atomic E-state index is 3.41. The number of hydrogen-bond donors (Lipinski definition) is 1. The lowest BCUT2D eigenvalue weighted by molar-refractivity contribution is 0.644. The largest absolute Gasteiger partial charge is 0.312 e. The SMILES string of the molecule is Cc1ccc(-c2ccc3c(c2)CCNC3)cc1. The van der Waals surface area contributed by atoms with Crippen LogP contribution in [0.15, 0.2) is 42.5 Å². The van der Waals surface area contributed by atoms with Crippen molar-refractivity contribution in [3.63, 3.8) is 0 Å². The Labute approximate surface area is 102 Å². The van der Waals surface area contributed by atoms with Crippen molar-refractivity contribution >= 4 is 0 Å². The van der Waals surface area contributed by atoms with E-state index in [2.05, 4.69) is 54.7 Å². The molecule has 2 aromatic rings. The van der Waals surface area contributed by atoms with Gasteiger partial charge in [-0.3, -0.25) is 0 Å². The van der Waals surface area contributed by atoms with Gasteiger partial charge >= 0.3 is 0 Å². The molecule has 3 rings (SSSR count). The van der Waals surface area contributed by atoms with Gasteiger partial charge in [-0.25, -0.2) is 0 Å². The summed E-state index contributed by atoms with van der Waals surface area (Å²) in [6.45, 7) is 4.25. The lowest BCUT2D eigenvalue weighted by Crippen LogP contribution is -2.23. The first-order valence-electron chi connectivity index (χ1n) is 6.22. The Bertz CT molecular complexity index is 526. The first kappa shape index (κ1) is 10.5. The third kappa shape index (κ3) is 2.11. The Morgan fingerprint density at radius 2 is 1.65 bits per heavy atom. The maximum absolute atomic E-state index is 3.41. The number of aryl methyl sites for hydroxylation is 1. The van der Waals surface area contributed by atoms with Gasteiger partial charge < -0.3 is 5.32 Å². The summed E-state index contributed by atoms with van der Waals surface area (Å²) in [4.78, 5) is 0. The van der Waals surface area contributed by atoms with Crippen LogP contribution in [0.3, 0.4) is 0 Å². The van der Waals surface area contributed by atoms with Gasteiger partial charge in [-0.1, -0.05) is 48.0 Å². The van der Waals surface area contributed by atoms with Crippen LogP contribution >= 0.6 is 0 Å². The van der Waals surface area contributed by atoms with E-state index in [9.17, 15) is 0 Å². The standard InChI is InChI=1S/C16H17N/c1-12-2-4-13(5-3-12)14-6-7-16-11-17-9-8-15(16)10-14/h2-7,10,17H,8-9,11H2,1H3. The normalized spacial score (nSPS) is 14.4. The third-order valence-corrected chi connectivity index (χ3v) is 3.48. The Hall–Kier alpha value is -1.60. The highest BCUT2D eigenvalue weighted by Gasteiger charge is 2.09. The zero-order chi connectivity index (χ0) is 11.7. The molecule has 0 spiro atoms. The molecule has 1 heteroatoms. The highest BCUT2D eigenvalue weighted by Crippen LogP contribution is 2.24. The van der Waals surface area contributed by atoms with Crippen molar-refractivity contribution in [1.29, 1.82) is 0 Å². The maximum Gasteiger partial charge on any atom is 0.0208 e. The zero-order valence-electron chi connectivity index (χ0n) is 10.2. The minimum atomic E-state index is 1.02. The van der Waals surface area contributed by atoms with Crippen LogP contribution in [0.25, 0.3) is 11.1 Å². The van der Waals surface area contributed by atoms with Crippen LogP contribution in [-0.4, -0.2) is 6.54 Å². The molecule has 1 heterocycles. The van der Waals surface area contributed by atoms with E-state index in [-0.39, 0.29) is 0 Å². The molecule has 0 aliphatic carbocycles. The van der Waals surface area contributed by atoms with Crippen molar-refractivity contribution in [3.8, 4) is 11.1 Å². The van der Waals surface area contributed by atoms with E-state index < -0.39 is 0 Å². The van der Waals surface area contributed by atoms with Crippen LogP contribution in [0.4, 0.5) is 0 Å². The second-order valence-corrected chi connectivity index (χ2v) is 4.78. The van der Waals surface area contributed by atoms with Gasteiger partial charge in [0.2, 0.25) is 0 Å². The van der Waals surface area contributed by atoms with Crippen LogP contribution in [0.1, 0.15) is 16.7 Å². The van der Waals surface area contributed by atoms with Gasteiger partial charge in [0.05, 0.1) is 0 Å². The van der Waals surface area contributed by atoms with Crippen molar-refractivity contribution in [3.05, 3.63) is 59.2 Å². The van der Waals surface area contributed by atoms with Crippen LogP contribution in [-0.2, 0) is 13.0 Å². The summed E-state index contributed by atoms with van der Waals surface area (Å²) in [7, 11) is 0.